The Bertz CT molecular complexity index is 1090. The molecule has 33 heavy (non-hydrogen) atoms. The van der Waals surface area contributed by atoms with E-state index in [1.165, 1.54) is 17.2 Å². The highest BCUT2D eigenvalue weighted by atomic mass is 32.2. The van der Waals surface area contributed by atoms with Crippen LogP contribution in [0.15, 0.2) is 36.4 Å². The lowest BCUT2D eigenvalue weighted by Gasteiger charge is -2.32. The summed E-state index contributed by atoms with van der Waals surface area (Å²) in [6.45, 7) is 3.76. The van der Waals surface area contributed by atoms with E-state index in [1.54, 1.807) is 17.8 Å². The summed E-state index contributed by atoms with van der Waals surface area (Å²) >= 11 is 1.78. The van der Waals surface area contributed by atoms with Crippen molar-refractivity contribution in [1.82, 2.24) is 25.1 Å². The van der Waals surface area contributed by atoms with E-state index >= 15 is 0 Å². The summed E-state index contributed by atoms with van der Waals surface area (Å²) in [4.78, 5) is 14.4. The van der Waals surface area contributed by atoms with Crippen molar-refractivity contribution in [1.29, 1.82) is 0 Å². The quantitative estimate of drug-likeness (QED) is 0.522. The van der Waals surface area contributed by atoms with Crippen molar-refractivity contribution in [3.05, 3.63) is 53.3 Å². The number of nitrogens with one attached hydrogen (secondary N) is 1. The molecule has 3 heterocycles. The second-order valence-corrected chi connectivity index (χ2v) is 9.18. The molecule has 4 rings (SSSR count). The number of aryl methyl sites for hydroxylation is 1. The molecular formula is C22H25F3N6OS. The van der Waals surface area contributed by atoms with Gasteiger partial charge in [-0.2, -0.15) is 29.4 Å². The third-order valence-electron chi connectivity index (χ3n) is 5.63. The van der Waals surface area contributed by atoms with Gasteiger partial charge in [0.2, 0.25) is 5.91 Å². The number of halogens is 3. The molecule has 1 N–H and O–H groups in total. The van der Waals surface area contributed by atoms with Gasteiger partial charge in [-0.1, -0.05) is 29.8 Å². The van der Waals surface area contributed by atoms with Crippen LogP contribution in [0.1, 0.15) is 29.8 Å². The summed E-state index contributed by atoms with van der Waals surface area (Å²) in [6, 6.07) is 11.5. The summed E-state index contributed by atoms with van der Waals surface area (Å²) in [7, 11) is 0. The highest BCUT2D eigenvalue weighted by Crippen LogP contribution is 2.28. The third-order valence-corrected chi connectivity index (χ3v) is 6.66. The van der Waals surface area contributed by atoms with E-state index in [0.29, 0.717) is 38.3 Å². The first-order valence-corrected chi connectivity index (χ1v) is 11.9. The Morgan fingerprint density at radius 1 is 1.12 bits per heavy atom. The number of amides is 1. The van der Waals surface area contributed by atoms with Gasteiger partial charge in [0.05, 0.1) is 0 Å². The highest BCUT2D eigenvalue weighted by molar-refractivity contribution is 7.98. The SMILES string of the molecule is Cc1ccc(CSCCNC(=O)C2CCN(c3ccc4nnc(C(F)(F)F)n4n3)CC2)cc1. The van der Waals surface area contributed by atoms with Crippen LogP contribution in [0.4, 0.5) is 19.0 Å². The number of benzene rings is 1. The number of piperidine rings is 1. The minimum Gasteiger partial charge on any atom is -0.355 e. The molecule has 1 aliphatic rings. The van der Waals surface area contributed by atoms with Gasteiger partial charge in [0.25, 0.3) is 5.82 Å². The number of anilines is 1. The zero-order valence-electron chi connectivity index (χ0n) is 18.2. The topological polar surface area (TPSA) is 75.4 Å². The lowest BCUT2D eigenvalue weighted by molar-refractivity contribution is -0.146. The Kier molecular flexibility index (Phi) is 7.06. The van der Waals surface area contributed by atoms with Crippen molar-refractivity contribution in [3.8, 4) is 0 Å². The van der Waals surface area contributed by atoms with Crippen LogP contribution in [-0.4, -0.2) is 51.1 Å². The number of rotatable bonds is 7. The average molecular weight is 479 g/mol. The summed E-state index contributed by atoms with van der Waals surface area (Å²) < 4.78 is 40.0. The molecular weight excluding hydrogens is 453 g/mol. The van der Waals surface area contributed by atoms with Crippen LogP contribution in [0.2, 0.25) is 0 Å². The van der Waals surface area contributed by atoms with E-state index < -0.39 is 12.0 Å². The highest BCUT2D eigenvalue weighted by Gasteiger charge is 2.38. The number of nitrogens with zero attached hydrogens (tertiary/aromatic N) is 5. The maximum absolute atomic E-state index is 13.1. The largest absolute Gasteiger partial charge is 0.453 e. The van der Waals surface area contributed by atoms with Gasteiger partial charge in [-0.05, 0) is 37.5 Å². The van der Waals surface area contributed by atoms with Crippen molar-refractivity contribution >= 4 is 29.1 Å². The molecule has 1 saturated heterocycles. The van der Waals surface area contributed by atoms with Gasteiger partial charge >= 0.3 is 6.18 Å². The van der Waals surface area contributed by atoms with Crippen molar-refractivity contribution < 1.29 is 18.0 Å². The number of thioether (sulfide) groups is 1. The van der Waals surface area contributed by atoms with E-state index in [1.807, 2.05) is 4.90 Å². The zero-order chi connectivity index (χ0) is 23.4. The standard InChI is InChI=1S/C22H25F3N6OS/c1-15-2-4-16(5-3-15)14-33-13-10-26-20(32)17-8-11-30(12-9-17)19-7-6-18-27-28-21(22(23,24)25)31(18)29-19/h2-7,17H,8-14H2,1H3,(H,26,32). The van der Waals surface area contributed by atoms with Crippen LogP contribution >= 0.6 is 11.8 Å². The fraction of sp³-hybridized carbons (Fsp3) is 0.455. The molecule has 1 amide bonds. The second-order valence-electron chi connectivity index (χ2n) is 8.07. The predicted molar refractivity (Wildman–Crippen MR) is 121 cm³/mol. The molecule has 0 unspecified atom stereocenters. The van der Waals surface area contributed by atoms with Crippen molar-refractivity contribution in [2.45, 2.75) is 31.7 Å². The number of carbonyl (C=O) groups excluding carboxylic acids is 1. The number of aromatic nitrogens is 4. The number of hydrogen-bond acceptors (Lipinski definition) is 6. The normalized spacial score (nSPS) is 15.2. The first kappa shape index (κ1) is 23.3. The Labute approximate surface area is 193 Å². The molecule has 0 spiro atoms. The Morgan fingerprint density at radius 2 is 1.85 bits per heavy atom. The summed E-state index contributed by atoms with van der Waals surface area (Å²) in [5, 5.41) is 13.8. The Hall–Kier alpha value is -2.82. The first-order chi connectivity index (χ1) is 15.8. The van der Waals surface area contributed by atoms with Crippen LogP contribution in [0, 0.1) is 12.8 Å². The van der Waals surface area contributed by atoms with Crippen molar-refractivity contribution in [2.75, 3.05) is 30.3 Å². The molecule has 0 atom stereocenters. The number of alkyl halides is 3. The molecule has 3 aromatic rings. The number of fused-ring (bicyclic) bond motifs is 1. The van der Waals surface area contributed by atoms with Crippen LogP contribution < -0.4 is 10.2 Å². The minimum absolute atomic E-state index is 0.0344. The van der Waals surface area contributed by atoms with Crippen LogP contribution in [0.3, 0.4) is 0 Å². The molecule has 1 aromatic carbocycles. The van der Waals surface area contributed by atoms with E-state index in [0.717, 1.165) is 16.0 Å². The molecule has 0 saturated carbocycles. The Balaban J connectivity index is 1.23. The fourth-order valence-corrected chi connectivity index (χ4v) is 4.58. The second kappa shape index (κ2) is 9.98. The van der Waals surface area contributed by atoms with Gasteiger partial charge in [0.1, 0.15) is 5.82 Å². The van der Waals surface area contributed by atoms with Crippen LogP contribution in [-0.2, 0) is 16.7 Å². The van der Waals surface area contributed by atoms with Gasteiger partial charge in [-0.25, -0.2) is 0 Å². The predicted octanol–water partition coefficient (Wildman–Crippen LogP) is 3.72. The summed E-state index contributed by atoms with van der Waals surface area (Å²) in [5.74, 6) is 0.949. The maximum atomic E-state index is 13.1. The van der Waals surface area contributed by atoms with Crippen LogP contribution in [0.25, 0.3) is 5.65 Å². The zero-order valence-corrected chi connectivity index (χ0v) is 19.0. The Morgan fingerprint density at radius 3 is 2.55 bits per heavy atom. The van der Waals surface area contributed by atoms with E-state index in [9.17, 15) is 18.0 Å². The van der Waals surface area contributed by atoms with Crippen molar-refractivity contribution in [3.63, 3.8) is 0 Å². The smallest absolute Gasteiger partial charge is 0.355 e. The van der Waals surface area contributed by atoms with Crippen molar-refractivity contribution in [2.24, 2.45) is 5.92 Å². The lowest BCUT2D eigenvalue weighted by atomic mass is 9.96. The van der Waals surface area contributed by atoms with Gasteiger partial charge in [0.15, 0.2) is 5.65 Å². The molecule has 11 heteroatoms. The molecule has 1 aliphatic heterocycles. The van der Waals surface area contributed by atoms with Gasteiger partial charge in [0, 0.05) is 37.1 Å². The number of hydrogen-bond donors (Lipinski definition) is 1. The van der Waals surface area contributed by atoms with Gasteiger partial charge in [-0.15, -0.1) is 15.3 Å². The first-order valence-electron chi connectivity index (χ1n) is 10.8. The van der Waals surface area contributed by atoms with E-state index in [4.69, 9.17) is 0 Å². The fourth-order valence-electron chi connectivity index (χ4n) is 3.76. The molecule has 1 fully saturated rings. The molecule has 176 valence electrons. The summed E-state index contributed by atoms with van der Waals surface area (Å²) in [6.07, 6.45) is -3.39. The van der Waals surface area contributed by atoms with E-state index in [-0.39, 0.29) is 17.5 Å². The monoisotopic (exact) mass is 478 g/mol. The van der Waals surface area contributed by atoms with Gasteiger partial charge in [-0.3, -0.25) is 4.79 Å². The molecule has 0 aliphatic carbocycles. The number of carbonyl (C=O) groups is 1. The minimum atomic E-state index is -4.63. The molecule has 2 aromatic heterocycles. The van der Waals surface area contributed by atoms with Gasteiger partial charge < -0.3 is 10.2 Å². The molecule has 7 nitrogen and oxygen atoms in total. The van der Waals surface area contributed by atoms with E-state index in [2.05, 4.69) is 51.8 Å². The average Bonchev–Trinajstić information content (AvgIpc) is 3.24. The van der Waals surface area contributed by atoms with Crippen LogP contribution in [0.5, 0.6) is 0 Å². The lowest BCUT2D eigenvalue weighted by Crippen LogP contribution is -2.41. The molecule has 0 radical (unpaired) electrons. The third kappa shape index (κ3) is 5.76. The summed E-state index contributed by atoms with van der Waals surface area (Å²) in [5.41, 5.74) is 2.55. The maximum Gasteiger partial charge on any atom is 0.453 e. The molecule has 0 bridgehead atoms.